The predicted molar refractivity (Wildman–Crippen MR) is 89.0 cm³/mol. The summed E-state index contributed by atoms with van der Waals surface area (Å²) in [5.41, 5.74) is 0.942. The van der Waals surface area contributed by atoms with Crippen LogP contribution in [0.4, 0.5) is 0 Å². The van der Waals surface area contributed by atoms with Gasteiger partial charge in [0.05, 0.1) is 13.3 Å². The highest BCUT2D eigenvalue weighted by Gasteiger charge is 2.19. The molecule has 0 unspecified atom stereocenters. The van der Waals surface area contributed by atoms with E-state index in [0.717, 1.165) is 17.1 Å². The molecule has 0 N–H and O–H groups in total. The van der Waals surface area contributed by atoms with E-state index in [1.807, 2.05) is 18.2 Å². The SMILES string of the molecule is COc1ccc(/C=N/O[Si](C)(C)C)cc1O[Si](C)(C)C. The van der Waals surface area contributed by atoms with Crippen molar-refractivity contribution in [3.8, 4) is 11.5 Å². The fourth-order valence-electron chi connectivity index (χ4n) is 1.43. The Morgan fingerprint density at radius 2 is 1.60 bits per heavy atom. The highest BCUT2D eigenvalue weighted by Crippen LogP contribution is 2.29. The molecule has 0 aliphatic heterocycles. The number of oxime groups is 1. The Hall–Kier alpha value is -1.28. The van der Waals surface area contributed by atoms with Crippen LogP contribution in [-0.4, -0.2) is 30.0 Å². The number of rotatable bonds is 6. The third kappa shape index (κ3) is 6.25. The van der Waals surface area contributed by atoms with Crippen LogP contribution in [0, 0.1) is 0 Å². The zero-order valence-electron chi connectivity index (χ0n) is 13.5. The quantitative estimate of drug-likeness (QED) is 0.451. The highest BCUT2D eigenvalue weighted by molar-refractivity contribution is 6.70. The van der Waals surface area contributed by atoms with Crippen molar-refractivity contribution >= 4 is 22.8 Å². The summed E-state index contributed by atoms with van der Waals surface area (Å²) in [6, 6.07) is 5.77. The number of hydrogen-bond acceptors (Lipinski definition) is 4. The number of methoxy groups -OCH3 is 1. The molecule has 0 amide bonds. The Balaban J connectivity index is 2.92. The summed E-state index contributed by atoms with van der Waals surface area (Å²) in [5, 5.41) is 4.06. The fourth-order valence-corrected chi connectivity index (χ4v) is 2.62. The molecule has 0 aliphatic rings. The van der Waals surface area contributed by atoms with Crippen LogP contribution in [0.15, 0.2) is 23.4 Å². The molecule has 0 bridgehead atoms. The van der Waals surface area contributed by atoms with Gasteiger partial charge in [0, 0.05) is 0 Å². The summed E-state index contributed by atoms with van der Waals surface area (Å²) in [5.74, 6) is 1.51. The van der Waals surface area contributed by atoms with Gasteiger partial charge in [0.2, 0.25) is 8.32 Å². The first-order chi connectivity index (χ1) is 9.11. The standard InChI is InChI=1S/C14H25NO3Si2/c1-16-13-9-8-12(11-15-18-20(5,6)7)10-14(13)17-19(2,3)4/h8-11H,1-7H3/b15-11+. The van der Waals surface area contributed by atoms with Gasteiger partial charge in [-0.25, -0.2) is 0 Å². The van der Waals surface area contributed by atoms with Gasteiger partial charge in [0.25, 0.3) is 8.32 Å². The van der Waals surface area contributed by atoms with Gasteiger partial charge in [0.1, 0.15) is 5.75 Å². The average molecular weight is 312 g/mol. The van der Waals surface area contributed by atoms with E-state index in [2.05, 4.69) is 44.4 Å². The van der Waals surface area contributed by atoms with Crippen LogP contribution in [0.1, 0.15) is 5.56 Å². The summed E-state index contributed by atoms with van der Waals surface area (Å²) < 4.78 is 16.8. The number of hydrogen-bond donors (Lipinski definition) is 0. The number of nitrogens with zero attached hydrogens (tertiary/aromatic N) is 1. The van der Waals surface area contributed by atoms with Gasteiger partial charge >= 0.3 is 0 Å². The lowest BCUT2D eigenvalue weighted by atomic mass is 10.2. The monoisotopic (exact) mass is 311 g/mol. The van der Waals surface area contributed by atoms with Crippen LogP contribution in [0.2, 0.25) is 39.3 Å². The van der Waals surface area contributed by atoms with Gasteiger partial charge in [-0.3, -0.25) is 0 Å². The van der Waals surface area contributed by atoms with Crippen LogP contribution in [0.25, 0.3) is 0 Å². The number of ether oxygens (including phenoxy) is 1. The molecule has 20 heavy (non-hydrogen) atoms. The van der Waals surface area contributed by atoms with Gasteiger partial charge in [-0.05, 0) is 63.0 Å². The summed E-state index contributed by atoms with van der Waals surface area (Å²) in [4.78, 5) is 0. The normalized spacial score (nSPS) is 12.6. The van der Waals surface area contributed by atoms with Crippen molar-refractivity contribution in [3.63, 3.8) is 0 Å². The van der Waals surface area contributed by atoms with E-state index in [1.54, 1.807) is 13.3 Å². The van der Waals surface area contributed by atoms with E-state index in [0.29, 0.717) is 0 Å². The molecular formula is C14H25NO3Si2. The van der Waals surface area contributed by atoms with E-state index >= 15 is 0 Å². The van der Waals surface area contributed by atoms with Crippen molar-refractivity contribution in [1.82, 2.24) is 0 Å². The molecule has 4 nitrogen and oxygen atoms in total. The van der Waals surface area contributed by atoms with Crippen molar-refractivity contribution in [2.75, 3.05) is 7.11 Å². The van der Waals surface area contributed by atoms with Crippen molar-refractivity contribution in [2.45, 2.75) is 39.3 Å². The molecule has 0 spiro atoms. The van der Waals surface area contributed by atoms with Crippen LogP contribution < -0.4 is 9.16 Å². The Kier molecular flexibility index (Phi) is 5.41. The molecule has 0 radical (unpaired) electrons. The molecule has 0 atom stereocenters. The van der Waals surface area contributed by atoms with Gasteiger partial charge in [-0.2, -0.15) is 0 Å². The molecule has 1 aromatic rings. The molecule has 0 aromatic heterocycles. The predicted octanol–water partition coefficient (Wildman–Crippen LogP) is 4.09. The smallest absolute Gasteiger partial charge is 0.278 e. The van der Waals surface area contributed by atoms with Crippen molar-refractivity contribution in [2.24, 2.45) is 5.16 Å². The third-order valence-electron chi connectivity index (χ3n) is 2.13. The van der Waals surface area contributed by atoms with Gasteiger partial charge < -0.3 is 13.7 Å². The van der Waals surface area contributed by atoms with E-state index in [1.165, 1.54) is 0 Å². The molecule has 6 heteroatoms. The molecule has 0 heterocycles. The maximum Gasteiger partial charge on any atom is 0.278 e. The Morgan fingerprint density at radius 1 is 0.950 bits per heavy atom. The Bertz CT molecular complexity index is 476. The first kappa shape index (κ1) is 16.8. The van der Waals surface area contributed by atoms with E-state index < -0.39 is 16.6 Å². The summed E-state index contributed by atoms with van der Waals surface area (Å²) >= 11 is 0. The summed E-state index contributed by atoms with van der Waals surface area (Å²) in [6.07, 6.45) is 1.72. The highest BCUT2D eigenvalue weighted by atomic mass is 28.4. The van der Waals surface area contributed by atoms with E-state index in [4.69, 9.17) is 13.7 Å². The molecule has 1 rings (SSSR count). The minimum Gasteiger partial charge on any atom is -0.542 e. The minimum absolute atomic E-state index is 0.746. The van der Waals surface area contributed by atoms with Crippen molar-refractivity contribution in [3.05, 3.63) is 23.8 Å². The minimum atomic E-state index is -1.68. The molecule has 0 aliphatic carbocycles. The average Bonchev–Trinajstić information content (AvgIpc) is 2.25. The van der Waals surface area contributed by atoms with E-state index in [-0.39, 0.29) is 0 Å². The summed E-state index contributed by atoms with van der Waals surface area (Å²) in [7, 11) is -1.66. The van der Waals surface area contributed by atoms with Crippen LogP contribution >= 0.6 is 0 Å². The second kappa shape index (κ2) is 6.45. The molecule has 0 saturated carbocycles. The van der Waals surface area contributed by atoms with Gasteiger partial charge in [-0.1, -0.05) is 0 Å². The van der Waals surface area contributed by atoms with Gasteiger partial charge in [-0.15, -0.1) is 5.16 Å². The van der Waals surface area contributed by atoms with Crippen LogP contribution in [0.5, 0.6) is 11.5 Å². The second-order valence-corrected chi connectivity index (χ2v) is 15.4. The molecule has 112 valence electrons. The maximum atomic E-state index is 6.03. The zero-order chi connectivity index (χ0) is 15.4. The molecule has 0 fully saturated rings. The van der Waals surface area contributed by atoms with Gasteiger partial charge in [0.15, 0.2) is 5.75 Å². The third-order valence-corrected chi connectivity index (χ3v) is 3.62. The van der Waals surface area contributed by atoms with E-state index in [9.17, 15) is 0 Å². The summed E-state index contributed by atoms with van der Waals surface area (Å²) in [6.45, 7) is 12.7. The molecular weight excluding hydrogens is 286 g/mol. The second-order valence-electron chi connectivity index (χ2n) is 6.56. The topological polar surface area (TPSA) is 40.0 Å². The lowest BCUT2D eigenvalue weighted by Crippen LogP contribution is -2.29. The Morgan fingerprint density at radius 3 is 2.10 bits per heavy atom. The van der Waals surface area contributed by atoms with Crippen molar-refractivity contribution < 1.29 is 13.7 Å². The molecule has 0 saturated heterocycles. The first-order valence-corrected chi connectivity index (χ1v) is 13.5. The maximum absolute atomic E-state index is 6.03. The lowest BCUT2D eigenvalue weighted by molar-refractivity contribution is 0.338. The zero-order valence-corrected chi connectivity index (χ0v) is 15.5. The van der Waals surface area contributed by atoms with Crippen LogP contribution in [0.3, 0.4) is 0 Å². The lowest BCUT2D eigenvalue weighted by Gasteiger charge is -2.21. The Labute approximate surface area is 124 Å². The number of benzene rings is 1. The fraction of sp³-hybridized carbons (Fsp3) is 0.500. The van der Waals surface area contributed by atoms with Crippen LogP contribution in [-0.2, 0) is 4.53 Å². The van der Waals surface area contributed by atoms with Crippen molar-refractivity contribution in [1.29, 1.82) is 0 Å². The first-order valence-electron chi connectivity index (χ1n) is 6.69. The largest absolute Gasteiger partial charge is 0.542 e. The molecule has 1 aromatic carbocycles.